The summed E-state index contributed by atoms with van der Waals surface area (Å²) >= 11 is 0. The number of phenols is 1. The molecular formula is C11H15N3O3. The van der Waals surface area contributed by atoms with E-state index in [1.807, 2.05) is 0 Å². The van der Waals surface area contributed by atoms with Crippen LogP contribution >= 0.6 is 0 Å². The Balaban J connectivity index is 2.81. The van der Waals surface area contributed by atoms with Crippen LogP contribution in [0.25, 0.3) is 10.4 Å². The highest BCUT2D eigenvalue weighted by Crippen LogP contribution is 2.37. The minimum atomic E-state index is -0.00574. The van der Waals surface area contributed by atoms with E-state index in [0.717, 1.165) is 18.4 Å². The second-order valence-electron chi connectivity index (χ2n) is 3.41. The van der Waals surface area contributed by atoms with E-state index >= 15 is 0 Å². The molecule has 17 heavy (non-hydrogen) atoms. The zero-order valence-corrected chi connectivity index (χ0v) is 9.88. The van der Waals surface area contributed by atoms with Gasteiger partial charge in [0.15, 0.2) is 11.5 Å². The molecule has 0 aromatic heterocycles. The molecule has 0 bridgehead atoms. The number of nitrogens with zero attached hydrogens (tertiary/aromatic N) is 3. The summed E-state index contributed by atoms with van der Waals surface area (Å²) in [7, 11) is 2.97. The van der Waals surface area contributed by atoms with E-state index < -0.39 is 0 Å². The fraction of sp³-hybridized carbons (Fsp3) is 0.455. The number of aromatic hydroxyl groups is 1. The van der Waals surface area contributed by atoms with E-state index in [1.165, 1.54) is 14.2 Å². The highest BCUT2D eigenvalue weighted by atomic mass is 16.5. The van der Waals surface area contributed by atoms with Gasteiger partial charge in [-0.1, -0.05) is 5.11 Å². The molecule has 6 nitrogen and oxygen atoms in total. The summed E-state index contributed by atoms with van der Waals surface area (Å²) in [6.45, 7) is 0.446. The number of hydrogen-bond donors (Lipinski definition) is 1. The van der Waals surface area contributed by atoms with E-state index in [-0.39, 0.29) is 5.75 Å². The third-order valence-corrected chi connectivity index (χ3v) is 2.33. The third-order valence-electron chi connectivity index (χ3n) is 2.33. The maximum atomic E-state index is 9.71. The van der Waals surface area contributed by atoms with Crippen LogP contribution in [0.2, 0.25) is 0 Å². The quantitative estimate of drug-likeness (QED) is 0.357. The van der Waals surface area contributed by atoms with Crippen molar-refractivity contribution in [2.45, 2.75) is 12.8 Å². The van der Waals surface area contributed by atoms with Gasteiger partial charge in [-0.2, -0.15) is 0 Å². The first kappa shape index (κ1) is 13.0. The van der Waals surface area contributed by atoms with Crippen molar-refractivity contribution < 1.29 is 14.6 Å². The number of rotatable bonds is 6. The van der Waals surface area contributed by atoms with Gasteiger partial charge in [-0.3, -0.25) is 0 Å². The molecule has 1 rings (SSSR count). The molecule has 0 atom stereocenters. The van der Waals surface area contributed by atoms with Crippen LogP contribution in [0.3, 0.4) is 0 Å². The molecule has 0 aliphatic rings. The number of azide groups is 1. The summed E-state index contributed by atoms with van der Waals surface area (Å²) in [5.74, 6) is 0.750. The minimum Gasteiger partial charge on any atom is -0.502 e. The summed E-state index contributed by atoms with van der Waals surface area (Å²) < 4.78 is 10.1. The van der Waals surface area contributed by atoms with Crippen LogP contribution in [-0.4, -0.2) is 25.9 Å². The summed E-state index contributed by atoms with van der Waals surface area (Å²) in [5, 5.41) is 13.2. The molecule has 0 spiro atoms. The number of benzene rings is 1. The first-order valence-electron chi connectivity index (χ1n) is 5.17. The number of aryl methyl sites for hydroxylation is 1. The van der Waals surface area contributed by atoms with E-state index in [9.17, 15) is 5.11 Å². The number of methoxy groups -OCH3 is 2. The van der Waals surface area contributed by atoms with Crippen LogP contribution in [0.1, 0.15) is 12.0 Å². The molecule has 0 aliphatic carbocycles. The first-order valence-corrected chi connectivity index (χ1v) is 5.17. The average molecular weight is 237 g/mol. The summed E-state index contributed by atoms with van der Waals surface area (Å²) in [6.07, 6.45) is 1.47. The largest absolute Gasteiger partial charge is 0.502 e. The summed E-state index contributed by atoms with van der Waals surface area (Å²) in [4.78, 5) is 2.68. The normalized spacial score (nSPS) is 9.53. The van der Waals surface area contributed by atoms with Crippen molar-refractivity contribution in [2.75, 3.05) is 20.8 Å². The van der Waals surface area contributed by atoms with Crippen LogP contribution in [0, 0.1) is 0 Å². The molecule has 0 fully saturated rings. The van der Waals surface area contributed by atoms with E-state index in [0.29, 0.717) is 18.0 Å². The molecule has 0 saturated heterocycles. The third kappa shape index (κ3) is 3.46. The maximum Gasteiger partial charge on any atom is 0.200 e. The Hall–Kier alpha value is -2.07. The number of hydrogen-bond acceptors (Lipinski definition) is 4. The van der Waals surface area contributed by atoms with Crippen molar-refractivity contribution >= 4 is 0 Å². The Morgan fingerprint density at radius 3 is 2.35 bits per heavy atom. The Morgan fingerprint density at radius 2 is 1.88 bits per heavy atom. The molecule has 0 unspecified atom stereocenters. The Bertz CT molecular complexity index is 403. The fourth-order valence-corrected chi connectivity index (χ4v) is 1.49. The van der Waals surface area contributed by atoms with Gasteiger partial charge in [0.25, 0.3) is 0 Å². The molecule has 1 aromatic rings. The molecule has 0 aliphatic heterocycles. The Morgan fingerprint density at radius 1 is 1.29 bits per heavy atom. The van der Waals surface area contributed by atoms with Crippen LogP contribution in [-0.2, 0) is 6.42 Å². The van der Waals surface area contributed by atoms with Gasteiger partial charge in [-0.15, -0.1) is 0 Å². The average Bonchev–Trinajstić information content (AvgIpc) is 2.36. The van der Waals surface area contributed by atoms with E-state index in [1.54, 1.807) is 12.1 Å². The zero-order chi connectivity index (χ0) is 12.7. The monoisotopic (exact) mass is 237 g/mol. The predicted octanol–water partition coefficient (Wildman–Crippen LogP) is 2.65. The highest BCUT2D eigenvalue weighted by molar-refractivity contribution is 5.52. The van der Waals surface area contributed by atoms with Gasteiger partial charge in [-0.25, -0.2) is 0 Å². The topological polar surface area (TPSA) is 87.5 Å². The van der Waals surface area contributed by atoms with Gasteiger partial charge in [0, 0.05) is 11.5 Å². The van der Waals surface area contributed by atoms with Crippen molar-refractivity contribution in [3.8, 4) is 17.2 Å². The van der Waals surface area contributed by atoms with Gasteiger partial charge in [0.05, 0.1) is 14.2 Å². The lowest BCUT2D eigenvalue weighted by atomic mass is 10.1. The van der Waals surface area contributed by atoms with Crippen molar-refractivity contribution in [2.24, 2.45) is 5.11 Å². The molecule has 0 amide bonds. The van der Waals surface area contributed by atoms with Crippen LogP contribution < -0.4 is 9.47 Å². The summed E-state index contributed by atoms with van der Waals surface area (Å²) in [5.41, 5.74) is 9.11. The van der Waals surface area contributed by atoms with Crippen molar-refractivity contribution in [1.29, 1.82) is 0 Å². The van der Waals surface area contributed by atoms with Gasteiger partial charge >= 0.3 is 0 Å². The lowest BCUT2D eigenvalue weighted by Gasteiger charge is -2.10. The molecule has 0 saturated carbocycles. The van der Waals surface area contributed by atoms with Crippen LogP contribution in [0.4, 0.5) is 0 Å². The lowest BCUT2D eigenvalue weighted by molar-refractivity contribution is 0.339. The second kappa shape index (κ2) is 6.50. The van der Waals surface area contributed by atoms with Crippen LogP contribution in [0.15, 0.2) is 17.2 Å². The molecule has 0 heterocycles. The minimum absolute atomic E-state index is 0.00574. The van der Waals surface area contributed by atoms with Crippen molar-refractivity contribution in [1.82, 2.24) is 0 Å². The van der Waals surface area contributed by atoms with Crippen molar-refractivity contribution in [3.05, 3.63) is 28.1 Å². The molecule has 1 N–H and O–H groups in total. The highest BCUT2D eigenvalue weighted by Gasteiger charge is 2.10. The van der Waals surface area contributed by atoms with Gasteiger partial charge in [0.1, 0.15) is 0 Å². The van der Waals surface area contributed by atoms with Gasteiger partial charge in [0.2, 0.25) is 5.75 Å². The summed E-state index contributed by atoms with van der Waals surface area (Å²) in [6, 6.07) is 3.49. The number of ether oxygens (including phenoxy) is 2. The number of phenolic OH excluding ortho intramolecular Hbond substituents is 1. The molecule has 6 heteroatoms. The molecule has 1 aromatic carbocycles. The SMILES string of the molecule is COc1cc(CCCN=[N+]=[N-])cc(OC)c1O. The smallest absolute Gasteiger partial charge is 0.200 e. The predicted molar refractivity (Wildman–Crippen MR) is 63.5 cm³/mol. The Labute approximate surface area is 99.4 Å². The van der Waals surface area contributed by atoms with Gasteiger partial charge < -0.3 is 14.6 Å². The van der Waals surface area contributed by atoms with Gasteiger partial charge in [-0.05, 0) is 36.1 Å². The maximum absolute atomic E-state index is 9.71. The first-order chi connectivity index (χ1) is 8.22. The Kier molecular flexibility index (Phi) is 4.97. The van der Waals surface area contributed by atoms with Crippen molar-refractivity contribution in [3.63, 3.8) is 0 Å². The molecular weight excluding hydrogens is 222 g/mol. The van der Waals surface area contributed by atoms with E-state index in [4.69, 9.17) is 15.0 Å². The second-order valence-corrected chi connectivity index (χ2v) is 3.41. The molecule has 0 radical (unpaired) electrons. The zero-order valence-electron chi connectivity index (χ0n) is 9.88. The molecule has 92 valence electrons. The fourth-order valence-electron chi connectivity index (χ4n) is 1.49. The van der Waals surface area contributed by atoms with E-state index in [2.05, 4.69) is 10.0 Å². The standard InChI is InChI=1S/C11H15N3O3/c1-16-9-6-8(4-3-5-13-14-12)7-10(17-2)11(9)15/h6-7,15H,3-5H2,1-2H3. The lowest BCUT2D eigenvalue weighted by Crippen LogP contribution is -1.94. The van der Waals surface area contributed by atoms with Crippen LogP contribution in [0.5, 0.6) is 17.2 Å².